The van der Waals surface area contributed by atoms with Crippen LogP contribution in [0, 0.1) is 5.92 Å². The van der Waals surface area contributed by atoms with Crippen molar-refractivity contribution in [3.8, 4) is 0 Å². The van der Waals surface area contributed by atoms with Crippen molar-refractivity contribution in [3.63, 3.8) is 0 Å². The molecule has 0 heterocycles. The molecule has 0 radical (unpaired) electrons. The lowest BCUT2D eigenvalue weighted by Crippen LogP contribution is -2.26. The van der Waals surface area contributed by atoms with Gasteiger partial charge in [0.25, 0.3) is 0 Å². The van der Waals surface area contributed by atoms with Crippen LogP contribution in [0.4, 0.5) is 0 Å². The number of hydrogen-bond acceptors (Lipinski definition) is 2. The SMILES string of the molecule is CC(C)CCCCCCNC(=O)CO. The molecule has 0 aromatic carbocycles. The van der Waals surface area contributed by atoms with Crippen LogP contribution in [-0.4, -0.2) is 24.2 Å². The van der Waals surface area contributed by atoms with Crippen molar-refractivity contribution < 1.29 is 9.90 Å². The number of carbonyl (C=O) groups is 1. The number of unbranched alkanes of at least 4 members (excludes halogenated alkanes) is 3. The Morgan fingerprint density at radius 3 is 2.43 bits per heavy atom. The fraction of sp³-hybridized carbons (Fsp3) is 0.909. The van der Waals surface area contributed by atoms with E-state index < -0.39 is 6.61 Å². The van der Waals surface area contributed by atoms with Gasteiger partial charge in [0, 0.05) is 6.54 Å². The van der Waals surface area contributed by atoms with Gasteiger partial charge in [0.15, 0.2) is 0 Å². The van der Waals surface area contributed by atoms with Crippen LogP contribution in [0.3, 0.4) is 0 Å². The zero-order chi connectivity index (χ0) is 10.8. The van der Waals surface area contributed by atoms with E-state index in [0.29, 0.717) is 6.54 Å². The third-order valence-corrected chi connectivity index (χ3v) is 2.17. The van der Waals surface area contributed by atoms with E-state index in [4.69, 9.17) is 5.11 Å². The third kappa shape index (κ3) is 9.52. The Hall–Kier alpha value is -0.570. The molecule has 0 unspecified atom stereocenters. The van der Waals surface area contributed by atoms with Crippen molar-refractivity contribution in [1.29, 1.82) is 0 Å². The predicted molar refractivity (Wildman–Crippen MR) is 58.0 cm³/mol. The first-order valence-corrected chi connectivity index (χ1v) is 5.54. The summed E-state index contributed by atoms with van der Waals surface area (Å²) in [5.74, 6) is 0.524. The highest BCUT2D eigenvalue weighted by Crippen LogP contribution is 2.08. The Morgan fingerprint density at radius 1 is 1.21 bits per heavy atom. The highest BCUT2D eigenvalue weighted by molar-refractivity contribution is 5.76. The number of hydrogen-bond donors (Lipinski definition) is 2. The van der Waals surface area contributed by atoms with E-state index in [1.807, 2.05) is 0 Å². The maximum Gasteiger partial charge on any atom is 0.245 e. The largest absolute Gasteiger partial charge is 0.387 e. The summed E-state index contributed by atoms with van der Waals surface area (Å²) in [5.41, 5.74) is 0. The van der Waals surface area contributed by atoms with Crippen molar-refractivity contribution in [2.24, 2.45) is 5.92 Å². The topological polar surface area (TPSA) is 49.3 Å². The van der Waals surface area contributed by atoms with Gasteiger partial charge in [-0.2, -0.15) is 0 Å². The minimum atomic E-state index is -0.395. The highest BCUT2D eigenvalue weighted by Gasteiger charge is 1.97. The van der Waals surface area contributed by atoms with E-state index in [1.165, 1.54) is 25.7 Å². The monoisotopic (exact) mass is 201 g/mol. The van der Waals surface area contributed by atoms with E-state index in [1.54, 1.807) is 0 Å². The molecule has 0 atom stereocenters. The molecule has 0 aliphatic carbocycles. The highest BCUT2D eigenvalue weighted by atomic mass is 16.3. The quantitative estimate of drug-likeness (QED) is 0.587. The van der Waals surface area contributed by atoms with Gasteiger partial charge >= 0.3 is 0 Å². The lowest BCUT2D eigenvalue weighted by atomic mass is 10.0. The molecule has 0 rings (SSSR count). The van der Waals surface area contributed by atoms with Crippen LogP contribution >= 0.6 is 0 Å². The summed E-state index contributed by atoms with van der Waals surface area (Å²) >= 11 is 0. The number of aliphatic hydroxyl groups excluding tert-OH is 1. The van der Waals surface area contributed by atoms with Crippen molar-refractivity contribution in [1.82, 2.24) is 5.32 Å². The number of nitrogens with one attached hydrogen (secondary N) is 1. The Balaban J connectivity index is 3.03. The Morgan fingerprint density at radius 2 is 1.86 bits per heavy atom. The smallest absolute Gasteiger partial charge is 0.245 e. The van der Waals surface area contributed by atoms with Crippen molar-refractivity contribution in [3.05, 3.63) is 0 Å². The fourth-order valence-electron chi connectivity index (χ4n) is 1.31. The van der Waals surface area contributed by atoms with Crippen LogP contribution in [-0.2, 0) is 4.79 Å². The second kappa shape index (κ2) is 9.00. The lowest BCUT2D eigenvalue weighted by molar-refractivity contribution is -0.123. The van der Waals surface area contributed by atoms with Crippen molar-refractivity contribution in [2.45, 2.75) is 46.0 Å². The molecule has 0 aliphatic heterocycles. The standard InChI is InChI=1S/C11H23NO2/c1-10(2)7-5-3-4-6-8-12-11(14)9-13/h10,13H,3-9H2,1-2H3,(H,12,14). The van der Waals surface area contributed by atoms with Gasteiger partial charge in [-0.15, -0.1) is 0 Å². The van der Waals surface area contributed by atoms with Crippen LogP contribution in [0.25, 0.3) is 0 Å². The van der Waals surface area contributed by atoms with Crippen molar-refractivity contribution in [2.75, 3.05) is 13.2 Å². The molecule has 0 fully saturated rings. The van der Waals surface area contributed by atoms with Gasteiger partial charge in [0.2, 0.25) is 5.91 Å². The van der Waals surface area contributed by atoms with E-state index in [2.05, 4.69) is 19.2 Å². The third-order valence-electron chi connectivity index (χ3n) is 2.17. The lowest BCUT2D eigenvalue weighted by Gasteiger charge is -2.05. The van der Waals surface area contributed by atoms with Gasteiger partial charge < -0.3 is 10.4 Å². The molecule has 3 nitrogen and oxygen atoms in total. The normalized spacial score (nSPS) is 10.6. The van der Waals surface area contributed by atoms with Gasteiger partial charge in [-0.25, -0.2) is 0 Å². The van der Waals surface area contributed by atoms with E-state index >= 15 is 0 Å². The maximum absolute atomic E-state index is 10.6. The van der Waals surface area contributed by atoms with E-state index in [-0.39, 0.29) is 5.91 Å². The number of rotatable bonds is 8. The molecule has 84 valence electrons. The first-order chi connectivity index (χ1) is 6.66. The molecule has 0 saturated carbocycles. The molecule has 0 saturated heterocycles. The first kappa shape index (κ1) is 13.4. The van der Waals surface area contributed by atoms with Gasteiger partial charge in [0.05, 0.1) is 0 Å². The molecule has 0 aliphatic rings. The summed E-state index contributed by atoms with van der Waals surface area (Å²) in [5, 5.41) is 11.1. The van der Waals surface area contributed by atoms with Crippen LogP contribution in [0.5, 0.6) is 0 Å². The van der Waals surface area contributed by atoms with Crippen LogP contribution in [0.2, 0.25) is 0 Å². The molecule has 1 amide bonds. The maximum atomic E-state index is 10.6. The summed E-state index contributed by atoms with van der Waals surface area (Å²) in [6.07, 6.45) is 6.00. The second-order valence-electron chi connectivity index (χ2n) is 4.10. The Labute approximate surface area is 86.9 Å². The Bertz CT molecular complexity index is 146. The molecule has 0 bridgehead atoms. The molecular formula is C11H23NO2. The number of aliphatic hydroxyl groups is 1. The molecule has 0 aromatic rings. The average Bonchev–Trinajstić information content (AvgIpc) is 2.15. The second-order valence-corrected chi connectivity index (χ2v) is 4.10. The zero-order valence-corrected chi connectivity index (χ0v) is 9.38. The fourth-order valence-corrected chi connectivity index (χ4v) is 1.31. The summed E-state index contributed by atoms with van der Waals surface area (Å²) in [4.78, 5) is 10.6. The molecule has 14 heavy (non-hydrogen) atoms. The molecule has 0 aromatic heterocycles. The van der Waals surface area contributed by atoms with E-state index in [0.717, 1.165) is 12.3 Å². The summed E-state index contributed by atoms with van der Waals surface area (Å²) in [6.45, 7) is 4.78. The van der Waals surface area contributed by atoms with Gasteiger partial charge in [-0.3, -0.25) is 4.79 Å². The summed E-state index contributed by atoms with van der Waals surface area (Å²) in [7, 11) is 0. The summed E-state index contributed by atoms with van der Waals surface area (Å²) < 4.78 is 0. The number of amides is 1. The Kier molecular flexibility index (Phi) is 8.64. The molecule has 2 N–H and O–H groups in total. The molecule has 0 spiro atoms. The average molecular weight is 201 g/mol. The molecule has 3 heteroatoms. The van der Waals surface area contributed by atoms with Gasteiger partial charge in [-0.05, 0) is 12.3 Å². The zero-order valence-electron chi connectivity index (χ0n) is 9.38. The van der Waals surface area contributed by atoms with Gasteiger partial charge in [-0.1, -0.05) is 39.5 Å². The van der Waals surface area contributed by atoms with E-state index in [9.17, 15) is 4.79 Å². The molecular weight excluding hydrogens is 178 g/mol. The first-order valence-electron chi connectivity index (χ1n) is 5.54. The van der Waals surface area contributed by atoms with Crippen LogP contribution < -0.4 is 5.32 Å². The van der Waals surface area contributed by atoms with Crippen molar-refractivity contribution >= 4 is 5.91 Å². The van der Waals surface area contributed by atoms with Gasteiger partial charge in [0.1, 0.15) is 6.61 Å². The number of carbonyl (C=O) groups excluding carboxylic acids is 1. The minimum absolute atomic E-state index is 0.271. The minimum Gasteiger partial charge on any atom is -0.387 e. The summed E-state index contributed by atoms with van der Waals surface area (Å²) in [6, 6.07) is 0. The predicted octanol–water partition coefficient (Wildman–Crippen LogP) is 1.70. The van der Waals surface area contributed by atoms with Crippen LogP contribution in [0.1, 0.15) is 46.0 Å². The van der Waals surface area contributed by atoms with Crippen LogP contribution in [0.15, 0.2) is 0 Å².